The Kier molecular flexibility index (Phi) is 6.69. The van der Waals surface area contributed by atoms with Crippen LogP contribution in [-0.4, -0.2) is 34.9 Å². The van der Waals surface area contributed by atoms with Crippen molar-refractivity contribution in [3.05, 3.63) is 52.0 Å². The van der Waals surface area contributed by atoms with E-state index in [0.717, 1.165) is 23.5 Å². The number of rotatable bonds is 3. The average Bonchev–Trinajstić information content (AvgIpc) is 3.16. The maximum absolute atomic E-state index is 12.9. The molecule has 4 rings (SSSR count). The molecule has 3 aromatic rings. The van der Waals surface area contributed by atoms with E-state index >= 15 is 0 Å². The molecule has 0 bridgehead atoms. The van der Waals surface area contributed by atoms with E-state index in [1.54, 1.807) is 17.0 Å². The summed E-state index contributed by atoms with van der Waals surface area (Å²) in [6.45, 7) is 0.697. The molecule has 1 aliphatic rings. The Bertz CT molecular complexity index is 1210. The minimum absolute atomic E-state index is 0.189. The number of hydrogen-bond donors (Lipinski definition) is 2. The number of nitrogens with one attached hydrogen (secondary N) is 2. The van der Waals surface area contributed by atoms with Crippen molar-refractivity contribution in [2.45, 2.75) is 19.0 Å². The van der Waals surface area contributed by atoms with Crippen LogP contribution in [0.3, 0.4) is 0 Å². The molecule has 1 saturated heterocycles. The highest BCUT2D eigenvalue weighted by Gasteiger charge is 2.31. The van der Waals surface area contributed by atoms with Gasteiger partial charge in [0.15, 0.2) is 5.13 Å². The molecule has 1 aromatic heterocycles. The molecule has 0 saturated carbocycles. The minimum atomic E-state index is -4.45. The molecule has 0 aliphatic carbocycles. The lowest BCUT2D eigenvalue weighted by atomic mass is 9.96. The number of benzene rings is 2. The van der Waals surface area contributed by atoms with Crippen molar-refractivity contribution in [2.75, 3.05) is 23.7 Å². The Morgan fingerprint density at radius 1 is 1.06 bits per heavy atom. The van der Waals surface area contributed by atoms with Crippen molar-refractivity contribution in [3.8, 4) is 0 Å². The van der Waals surface area contributed by atoms with Crippen molar-refractivity contribution >= 4 is 67.5 Å². The molecule has 6 nitrogen and oxygen atoms in total. The highest BCUT2D eigenvalue weighted by molar-refractivity contribution is 7.22. The fraction of sp³-hybridized carbons (Fsp3) is 0.286. The summed E-state index contributed by atoms with van der Waals surface area (Å²) in [5.74, 6) is -0.477. The van der Waals surface area contributed by atoms with Gasteiger partial charge in [-0.3, -0.25) is 10.1 Å². The Morgan fingerprint density at radius 3 is 2.45 bits per heavy atom. The third kappa shape index (κ3) is 5.51. The molecule has 0 radical (unpaired) electrons. The molecule has 2 heterocycles. The standard InChI is InChI=1S/C21H17Cl2F3N4O2S/c22-13-2-4-15(14(23)10-13)27-18(31)11-5-7-30(8-6-11)20(32)29-19-28-16-3-1-12(21(24,25)26)9-17(16)33-19/h1-4,9-11H,5-8H2,(H,27,31)(H,28,29,32). The summed E-state index contributed by atoms with van der Waals surface area (Å²) in [5, 5.41) is 6.44. The van der Waals surface area contributed by atoms with Crippen LogP contribution in [0, 0.1) is 5.92 Å². The number of carbonyl (C=O) groups excluding carboxylic acids is 2. The zero-order chi connectivity index (χ0) is 23.8. The second-order valence-electron chi connectivity index (χ2n) is 7.50. The SMILES string of the molecule is O=C(Nc1ccc(Cl)cc1Cl)C1CCN(C(=O)Nc2nc3ccc(C(F)(F)F)cc3s2)CC1. The number of fused-ring (bicyclic) bond motifs is 1. The zero-order valence-corrected chi connectivity index (χ0v) is 19.2. The lowest BCUT2D eigenvalue weighted by Gasteiger charge is -2.31. The minimum Gasteiger partial charge on any atom is -0.325 e. The third-order valence-electron chi connectivity index (χ3n) is 5.27. The first kappa shape index (κ1) is 23.6. The quantitative estimate of drug-likeness (QED) is 0.416. The number of piperidine rings is 1. The molecule has 174 valence electrons. The second kappa shape index (κ2) is 9.36. The van der Waals surface area contributed by atoms with Gasteiger partial charge in [0, 0.05) is 24.0 Å². The van der Waals surface area contributed by atoms with Crippen LogP contribution in [0.15, 0.2) is 36.4 Å². The molecule has 33 heavy (non-hydrogen) atoms. The van der Waals surface area contributed by atoms with Crippen molar-refractivity contribution in [1.82, 2.24) is 9.88 Å². The lowest BCUT2D eigenvalue weighted by molar-refractivity contribution is -0.137. The van der Waals surface area contributed by atoms with Crippen LogP contribution < -0.4 is 10.6 Å². The van der Waals surface area contributed by atoms with Crippen LogP contribution in [0.4, 0.5) is 28.8 Å². The van der Waals surface area contributed by atoms with Gasteiger partial charge in [0.1, 0.15) is 0 Å². The highest BCUT2D eigenvalue weighted by Crippen LogP contribution is 2.34. The van der Waals surface area contributed by atoms with Crippen LogP contribution in [0.1, 0.15) is 18.4 Å². The maximum atomic E-state index is 12.9. The number of urea groups is 1. The highest BCUT2D eigenvalue weighted by atomic mass is 35.5. The summed E-state index contributed by atoms with van der Waals surface area (Å²) in [6, 6.07) is 7.63. The van der Waals surface area contributed by atoms with Crippen molar-refractivity contribution < 1.29 is 22.8 Å². The Labute approximate surface area is 200 Å². The summed E-state index contributed by atoms with van der Waals surface area (Å²) >= 11 is 12.9. The smallest absolute Gasteiger partial charge is 0.325 e. The second-order valence-corrected chi connectivity index (χ2v) is 9.38. The number of aromatic nitrogens is 1. The number of thiazole rings is 1. The molecule has 1 fully saturated rings. The summed E-state index contributed by atoms with van der Waals surface area (Å²) in [7, 11) is 0. The van der Waals surface area contributed by atoms with Gasteiger partial charge in [0.2, 0.25) is 5.91 Å². The summed E-state index contributed by atoms with van der Waals surface area (Å²) in [6.07, 6.45) is -3.53. The van der Waals surface area contributed by atoms with Gasteiger partial charge in [-0.2, -0.15) is 13.2 Å². The molecule has 1 aliphatic heterocycles. The van der Waals surface area contributed by atoms with Gasteiger partial charge in [0.25, 0.3) is 0 Å². The maximum Gasteiger partial charge on any atom is 0.416 e. The molecular formula is C21H17Cl2F3N4O2S. The fourth-order valence-electron chi connectivity index (χ4n) is 3.50. The first-order valence-corrected chi connectivity index (χ1v) is 11.5. The van der Waals surface area contributed by atoms with E-state index in [4.69, 9.17) is 23.2 Å². The van der Waals surface area contributed by atoms with Gasteiger partial charge in [-0.1, -0.05) is 34.5 Å². The van der Waals surface area contributed by atoms with Crippen molar-refractivity contribution in [1.29, 1.82) is 0 Å². The van der Waals surface area contributed by atoms with Crippen molar-refractivity contribution in [3.63, 3.8) is 0 Å². The van der Waals surface area contributed by atoms with Crippen LogP contribution in [0.5, 0.6) is 0 Å². The van der Waals surface area contributed by atoms with E-state index < -0.39 is 17.8 Å². The van der Waals surface area contributed by atoms with E-state index in [0.29, 0.717) is 51.9 Å². The van der Waals surface area contributed by atoms with Crippen LogP contribution in [0.25, 0.3) is 10.2 Å². The van der Waals surface area contributed by atoms with E-state index in [1.807, 2.05) is 0 Å². The first-order chi connectivity index (χ1) is 15.6. The Morgan fingerprint density at radius 2 is 1.79 bits per heavy atom. The Balaban J connectivity index is 1.33. The van der Waals surface area contributed by atoms with Gasteiger partial charge in [-0.15, -0.1) is 0 Å². The van der Waals surface area contributed by atoms with E-state index in [2.05, 4.69) is 15.6 Å². The monoisotopic (exact) mass is 516 g/mol. The zero-order valence-electron chi connectivity index (χ0n) is 16.9. The number of halogens is 5. The fourth-order valence-corrected chi connectivity index (χ4v) is 4.85. The van der Waals surface area contributed by atoms with Crippen LogP contribution in [0.2, 0.25) is 10.0 Å². The number of anilines is 2. The summed E-state index contributed by atoms with van der Waals surface area (Å²) < 4.78 is 39.0. The van der Waals surface area contributed by atoms with Gasteiger partial charge in [-0.25, -0.2) is 9.78 Å². The van der Waals surface area contributed by atoms with Crippen LogP contribution >= 0.6 is 34.5 Å². The van der Waals surface area contributed by atoms with Gasteiger partial charge < -0.3 is 10.2 Å². The number of likely N-dealkylation sites (tertiary alicyclic amines) is 1. The molecule has 0 atom stereocenters. The van der Waals surface area contributed by atoms with E-state index in [-0.39, 0.29) is 17.0 Å². The van der Waals surface area contributed by atoms with Crippen LogP contribution in [-0.2, 0) is 11.0 Å². The summed E-state index contributed by atoms with van der Waals surface area (Å²) in [4.78, 5) is 30.9. The number of hydrogen-bond acceptors (Lipinski definition) is 4. The Hall–Kier alpha value is -2.56. The molecule has 0 unspecified atom stereocenters. The molecule has 3 amide bonds. The third-order valence-corrected chi connectivity index (χ3v) is 6.75. The summed E-state index contributed by atoms with van der Waals surface area (Å²) in [5.41, 5.74) is 0.0760. The van der Waals surface area contributed by atoms with E-state index in [9.17, 15) is 22.8 Å². The number of nitrogens with zero attached hydrogens (tertiary/aromatic N) is 2. The topological polar surface area (TPSA) is 74.3 Å². The van der Waals surface area contributed by atoms with Gasteiger partial charge in [-0.05, 0) is 49.2 Å². The normalized spacial score (nSPS) is 15.0. The number of amides is 3. The largest absolute Gasteiger partial charge is 0.416 e. The molecular weight excluding hydrogens is 500 g/mol. The predicted molar refractivity (Wildman–Crippen MR) is 123 cm³/mol. The first-order valence-electron chi connectivity index (χ1n) is 9.90. The molecule has 0 spiro atoms. The average molecular weight is 517 g/mol. The van der Waals surface area contributed by atoms with Gasteiger partial charge >= 0.3 is 12.2 Å². The van der Waals surface area contributed by atoms with Gasteiger partial charge in [0.05, 0.1) is 26.5 Å². The van der Waals surface area contributed by atoms with E-state index in [1.165, 1.54) is 12.1 Å². The van der Waals surface area contributed by atoms with Crippen molar-refractivity contribution in [2.24, 2.45) is 5.92 Å². The molecule has 2 aromatic carbocycles. The predicted octanol–water partition coefficient (Wildman–Crippen LogP) is 6.50. The molecule has 12 heteroatoms. The number of carbonyl (C=O) groups is 2. The lowest BCUT2D eigenvalue weighted by Crippen LogP contribution is -2.43. The number of alkyl halides is 3. The molecule has 2 N–H and O–H groups in total.